The molecular formula is C24H24O3S. The highest BCUT2D eigenvalue weighted by Crippen LogP contribution is 2.36. The fourth-order valence-electron chi connectivity index (χ4n) is 3.73. The quantitative estimate of drug-likeness (QED) is 0.576. The molecule has 0 bridgehead atoms. The van der Waals surface area contributed by atoms with Crippen LogP contribution in [-0.4, -0.2) is 10.4 Å². The van der Waals surface area contributed by atoms with Crippen LogP contribution < -0.4 is 5.63 Å². The summed E-state index contributed by atoms with van der Waals surface area (Å²) < 4.78 is 5.51. The number of aromatic hydroxyl groups is 1. The van der Waals surface area contributed by atoms with Crippen LogP contribution in [0.15, 0.2) is 74.8 Å². The van der Waals surface area contributed by atoms with Gasteiger partial charge in [-0.1, -0.05) is 67.8 Å². The predicted octanol–water partition coefficient (Wildman–Crippen LogP) is 6.03. The third kappa shape index (κ3) is 4.33. The average molecular weight is 393 g/mol. The van der Waals surface area contributed by atoms with Gasteiger partial charge in [-0.2, -0.15) is 0 Å². The lowest BCUT2D eigenvalue weighted by atomic mass is 10.0. The van der Waals surface area contributed by atoms with Crippen LogP contribution >= 0.6 is 11.8 Å². The van der Waals surface area contributed by atoms with Crippen LogP contribution in [0.1, 0.15) is 43.2 Å². The van der Waals surface area contributed by atoms with E-state index in [9.17, 15) is 9.90 Å². The van der Waals surface area contributed by atoms with Crippen LogP contribution in [0, 0.1) is 0 Å². The van der Waals surface area contributed by atoms with E-state index < -0.39 is 5.63 Å². The van der Waals surface area contributed by atoms with Gasteiger partial charge in [0.2, 0.25) is 0 Å². The maximum absolute atomic E-state index is 12.6. The molecule has 0 aliphatic heterocycles. The summed E-state index contributed by atoms with van der Waals surface area (Å²) in [5.41, 5.74) is 1.68. The van der Waals surface area contributed by atoms with Gasteiger partial charge < -0.3 is 9.52 Å². The maximum atomic E-state index is 12.6. The number of thioether (sulfide) groups is 1. The number of benzene rings is 2. The molecule has 1 aliphatic rings. The molecule has 28 heavy (non-hydrogen) atoms. The zero-order valence-electron chi connectivity index (χ0n) is 15.8. The summed E-state index contributed by atoms with van der Waals surface area (Å²) in [6.07, 6.45) is 6.80. The van der Waals surface area contributed by atoms with Crippen molar-refractivity contribution >= 4 is 11.8 Å². The second kappa shape index (κ2) is 8.70. The second-order valence-electron chi connectivity index (χ2n) is 7.29. The molecular weight excluding hydrogens is 368 g/mol. The van der Waals surface area contributed by atoms with E-state index in [0.717, 1.165) is 11.1 Å². The van der Waals surface area contributed by atoms with Crippen molar-refractivity contribution in [1.29, 1.82) is 0 Å². The second-order valence-corrected chi connectivity index (χ2v) is 8.63. The van der Waals surface area contributed by atoms with E-state index in [1.54, 1.807) is 6.07 Å². The van der Waals surface area contributed by atoms with Crippen molar-refractivity contribution in [2.24, 2.45) is 0 Å². The largest absolute Gasteiger partial charge is 0.507 e. The summed E-state index contributed by atoms with van der Waals surface area (Å²) in [5, 5.41) is 11.2. The Kier molecular flexibility index (Phi) is 5.87. The summed E-state index contributed by atoms with van der Waals surface area (Å²) >= 11 is 1.91. The van der Waals surface area contributed by atoms with E-state index in [0.29, 0.717) is 23.0 Å². The molecule has 0 amide bonds. The molecule has 1 aromatic heterocycles. The van der Waals surface area contributed by atoms with Gasteiger partial charge >= 0.3 is 5.63 Å². The first kappa shape index (κ1) is 18.9. The Labute approximate surface area is 169 Å². The Hall–Kier alpha value is -2.46. The van der Waals surface area contributed by atoms with E-state index in [-0.39, 0.29) is 5.75 Å². The molecule has 1 N–H and O–H groups in total. The summed E-state index contributed by atoms with van der Waals surface area (Å²) in [7, 11) is 0. The SMILES string of the molecule is O=c1oc(-c2ccccc2)cc(O)c1Cc1ccccc1SC1CCCCC1. The van der Waals surface area contributed by atoms with E-state index in [1.165, 1.54) is 37.0 Å². The molecule has 3 nitrogen and oxygen atoms in total. The van der Waals surface area contributed by atoms with E-state index in [2.05, 4.69) is 6.07 Å². The van der Waals surface area contributed by atoms with Gasteiger partial charge in [-0.25, -0.2) is 4.79 Å². The van der Waals surface area contributed by atoms with Crippen molar-refractivity contribution in [2.75, 3.05) is 0 Å². The van der Waals surface area contributed by atoms with Crippen molar-refractivity contribution < 1.29 is 9.52 Å². The van der Waals surface area contributed by atoms with Crippen LogP contribution in [0.25, 0.3) is 11.3 Å². The van der Waals surface area contributed by atoms with Gasteiger partial charge in [-0.15, -0.1) is 11.8 Å². The monoisotopic (exact) mass is 392 g/mol. The van der Waals surface area contributed by atoms with Gasteiger partial charge in [0.1, 0.15) is 11.5 Å². The molecule has 1 saturated carbocycles. The van der Waals surface area contributed by atoms with Gasteiger partial charge in [-0.05, 0) is 24.5 Å². The standard InChI is InChI=1S/C24H24O3S/c25-21-16-22(17-9-3-1-4-10-17)27-24(26)20(21)15-18-11-7-8-14-23(18)28-19-12-5-2-6-13-19/h1,3-4,7-11,14,16,19,25H,2,5-6,12-13,15H2. The number of hydrogen-bond donors (Lipinski definition) is 1. The number of hydrogen-bond acceptors (Lipinski definition) is 4. The highest BCUT2D eigenvalue weighted by atomic mass is 32.2. The molecule has 0 spiro atoms. The van der Waals surface area contributed by atoms with Crippen LogP contribution in [-0.2, 0) is 6.42 Å². The molecule has 0 radical (unpaired) electrons. The molecule has 0 unspecified atom stereocenters. The molecule has 1 aliphatic carbocycles. The Balaban J connectivity index is 1.60. The van der Waals surface area contributed by atoms with Crippen LogP contribution in [0.4, 0.5) is 0 Å². The molecule has 3 aromatic rings. The van der Waals surface area contributed by atoms with E-state index >= 15 is 0 Å². The van der Waals surface area contributed by atoms with Gasteiger partial charge in [-0.3, -0.25) is 0 Å². The molecule has 1 heterocycles. The normalized spacial score (nSPS) is 14.9. The summed E-state index contributed by atoms with van der Waals surface area (Å²) in [4.78, 5) is 13.8. The first-order valence-corrected chi connectivity index (χ1v) is 10.7. The Bertz CT molecular complexity index is 988. The average Bonchev–Trinajstić information content (AvgIpc) is 2.73. The molecule has 0 atom stereocenters. The highest BCUT2D eigenvalue weighted by Gasteiger charge is 2.18. The van der Waals surface area contributed by atoms with Gasteiger partial charge in [0.15, 0.2) is 0 Å². The molecule has 0 saturated heterocycles. The fraction of sp³-hybridized carbons (Fsp3) is 0.292. The van der Waals surface area contributed by atoms with Crippen molar-refractivity contribution in [1.82, 2.24) is 0 Å². The van der Waals surface area contributed by atoms with Crippen molar-refractivity contribution in [2.45, 2.75) is 48.7 Å². The Morgan fingerprint density at radius 1 is 0.964 bits per heavy atom. The highest BCUT2D eigenvalue weighted by molar-refractivity contribution is 8.00. The zero-order valence-corrected chi connectivity index (χ0v) is 16.6. The minimum Gasteiger partial charge on any atom is -0.507 e. The molecule has 2 aromatic carbocycles. The predicted molar refractivity (Wildman–Crippen MR) is 114 cm³/mol. The summed E-state index contributed by atoms with van der Waals surface area (Å²) in [6, 6.07) is 19.1. The van der Waals surface area contributed by atoms with Crippen LogP contribution in [0.2, 0.25) is 0 Å². The minimum atomic E-state index is -0.476. The third-order valence-electron chi connectivity index (χ3n) is 5.27. The third-order valence-corrected chi connectivity index (χ3v) is 6.73. The summed E-state index contributed by atoms with van der Waals surface area (Å²) in [5.74, 6) is 0.379. The van der Waals surface area contributed by atoms with Crippen molar-refractivity contribution in [3.63, 3.8) is 0 Å². The molecule has 144 valence electrons. The van der Waals surface area contributed by atoms with Gasteiger partial charge in [0, 0.05) is 28.2 Å². The smallest absolute Gasteiger partial charge is 0.343 e. The summed E-state index contributed by atoms with van der Waals surface area (Å²) in [6.45, 7) is 0. The minimum absolute atomic E-state index is 0.00688. The molecule has 4 rings (SSSR count). The first-order valence-electron chi connectivity index (χ1n) is 9.86. The van der Waals surface area contributed by atoms with Crippen molar-refractivity contribution in [3.8, 4) is 17.1 Å². The van der Waals surface area contributed by atoms with Crippen LogP contribution in [0.5, 0.6) is 5.75 Å². The lowest BCUT2D eigenvalue weighted by molar-refractivity contribution is 0.442. The topological polar surface area (TPSA) is 50.4 Å². The van der Waals surface area contributed by atoms with Gasteiger partial charge in [0.25, 0.3) is 0 Å². The lowest BCUT2D eigenvalue weighted by Crippen LogP contribution is -2.11. The van der Waals surface area contributed by atoms with Crippen molar-refractivity contribution in [3.05, 3.63) is 82.2 Å². The van der Waals surface area contributed by atoms with E-state index in [4.69, 9.17) is 4.42 Å². The maximum Gasteiger partial charge on any atom is 0.343 e. The Morgan fingerprint density at radius 3 is 2.43 bits per heavy atom. The first-order chi connectivity index (χ1) is 13.7. The van der Waals surface area contributed by atoms with E-state index in [1.807, 2.05) is 60.3 Å². The molecule has 4 heteroatoms. The number of rotatable bonds is 5. The van der Waals surface area contributed by atoms with Crippen LogP contribution in [0.3, 0.4) is 0 Å². The fourth-order valence-corrected chi connectivity index (χ4v) is 5.11. The zero-order chi connectivity index (χ0) is 19.3. The lowest BCUT2D eigenvalue weighted by Gasteiger charge is -2.22. The molecule has 1 fully saturated rings. The van der Waals surface area contributed by atoms with Gasteiger partial charge in [0.05, 0.1) is 5.56 Å². The Morgan fingerprint density at radius 2 is 1.68 bits per heavy atom.